The number of halogens is 2. The third-order valence-electron chi connectivity index (χ3n) is 5.38. The summed E-state index contributed by atoms with van der Waals surface area (Å²) in [4.78, 5) is 19.4. The van der Waals surface area contributed by atoms with E-state index in [0.29, 0.717) is 24.8 Å². The van der Waals surface area contributed by atoms with E-state index in [-0.39, 0.29) is 30.7 Å². The molecule has 148 valence electrons. The molecule has 1 fully saturated rings. The number of amides is 1. The molecular weight excluding hydrogens is 393 g/mol. The number of nitrogens with zero attached hydrogens (tertiary/aromatic N) is 2. The number of benzene rings is 2. The molecule has 28 heavy (non-hydrogen) atoms. The lowest BCUT2D eigenvalue weighted by atomic mass is 9.89. The minimum Gasteiger partial charge on any atom is -0.341 e. The number of pyridine rings is 1. The van der Waals surface area contributed by atoms with Crippen LogP contribution in [0, 0.1) is 5.92 Å². The number of hydrogen-bond acceptors (Lipinski definition) is 3. The van der Waals surface area contributed by atoms with Crippen LogP contribution in [0.2, 0.25) is 0 Å². The van der Waals surface area contributed by atoms with Crippen molar-refractivity contribution >= 4 is 41.6 Å². The SMILES string of the molecule is Cl.Cl.NC[C@@H]1CN(C(=O)Cc2cccc3cccnc23)C[C@H]1c1ccccc1. The first-order valence-corrected chi connectivity index (χ1v) is 9.11. The van der Waals surface area contributed by atoms with Gasteiger partial charge in [0.15, 0.2) is 0 Å². The Labute approximate surface area is 178 Å². The van der Waals surface area contributed by atoms with Gasteiger partial charge < -0.3 is 10.6 Å². The molecule has 0 aliphatic carbocycles. The first-order chi connectivity index (χ1) is 12.8. The normalized spacial score (nSPS) is 18.4. The van der Waals surface area contributed by atoms with Gasteiger partial charge in [0.25, 0.3) is 0 Å². The molecule has 1 saturated heterocycles. The third kappa shape index (κ3) is 4.46. The summed E-state index contributed by atoms with van der Waals surface area (Å²) < 4.78 is 0. The lowest BCUT2D eigenvalue weighted by Gasteiger charge is -2.17. The van der Waals surface area contributed by atoms with Crippen LogP contribution in [0.25, 0.3) is 10.9 Å². The highest BCUT2D eigenvalue weighted by Gasteiger charge is 2.35. The summed E-state index contributed by atoms with van der Waals surface area (Å²) in [7, 11) is 0. The highest BCUT2D eigenvalue weighted by atomic mass is 35.5. The van der Waals surface area contributed by atoms with Gasteiger partial charge >= 0.3 is 0 Å². The zero-order valence-corrected chi connectivity index (χ0v) is 17.2. The number of nitrogens with two attached hydrogens (primary N) is 1. The predicted molar refractivity (Wildman–Crippen MR) is 118 cm³/mol. The maximum absolute atomic E-state index is 13.0. The van der Waals surface area contributed by atoms with Crippen LogP contribution in [0.5, 0.6) is 0 Å². The summed E-state index contributed by atoms with van der Waals surface area (Å²) in [6.07, 6.45) is 2.16. The minimum absolute atomic E-state index is 0. The molecule has 1 aliphatic rings. The maximum atomic E-state index is 13.0. The smallest absolute Gasteiger partial charge is 0.227 e. The van der Waals surface area contributed by atoms with E-state index in [1.54, 1.807) is 6.20 Å². The first kappa shape index (κ1) is 22.2. The molecule has 2 atom stereocenters. The number of rotatable bonds is 4. The van der Waals surface area contributed by atoms with Gasteiger partial charge in [-0.3, -0.25) is 9.78 Å². The summed E-state index contributed by atoms with van der Waals surface area (Å²) in [5.74, 6) is 0.780. The Kier molecular flexibility index (Phi) is 7.81. The van der Waals surface area contributed by atoms with Crippen molar-refractivity contribution in [2.45, 2.75) is 12.3 Å². The lowest BCUT2D eigenvalue weighted by molar-refractivity contribution is -0.129. The number of carbonyl (C=O) groups is 1. The number of likely N-dealkylation sites (tertiary alicyclic amines) is 1. The zero-order valence-electron chi connectivity index (χ0n) is 15.5. The molecule has 2 aromatic carbocycles. The first-order valence-electron chi connectivity index (χ1n) is 9.11. The molecule has 0 bridgehead atoms. The fourth-order valence-corrected chi connectivity index (χ4v) is 3.98. The monoisotopic (exact) mass is 417 g/mol. The molecule has 6 heteroatoms. The lowest BCUT2D eigenvalue weighted by Crippen LogP contribution is -2.31. The summed E-state index contributed by atoms with van der Waals surface area (Å²) in [6, 6.07) is 20.4. The van der Waals surface area contributed by atoms with Crippen molar-refractivity contribution in [3.63, 3.8) is 0 Å². The summed E-state index contributed by atoms with van der Waals surface area (Å²) in [6.45, 7) is 2.06. The average Bonchev–Trinajstić information content (AvgIpc) is 3.14. The van der Waals surface area contributed by atoms with Crippen LogP contribution in [0.1, 0.15) is 17.0 Å². The Morgan fingerprint density at radius 3 is 2.50 bits per heavy atom. The molecule has 2 heterocycles. The van der Waals surface area contributed by atoms with Crippen LogP contribution < -0.4 is 5.73 Å². The maximum Gasteiger partial charge on any atom is 0.227 e. The molecule has 1 amide bonds. The van der Waals surface area contributed by atoms with Gasteiger partial charge in [-0.2, -0.15) is 0 Å². The molecule has 0 radical (unpaired) electrons. The second-order valence-corrected chi connectivity index (χ2v) is 6.98. The molecule has 0 spiro atoms. The van der Waals surface area contributed by atoms with E-state index in [4.69, 9.17) is 5.73 Å². The molecule has 4 rings (SSSR count). The van der Waals surface area contributed by atoms with Gasteiger partial charge in [0.1, 0.15) is 0 Å². The molecule has 1 aliphatic heterocycles. The standard InChI is InChI=1S/C22H23N3O.2ClH/c23-13-19-14-25(15-20(19)16-6-2-1-3-7-16)21(26)12-18-9-4-8-17-10-5-11-24-22(17)18;;/h1-11,19-20H,12-15,23H2;2*1H/t19-,20+;;/m1../s1. The van der Waals surface area contributed by atoms with Gasteiger partial charge in [-0.1, -0.05) is 54.6 Å². The second kappa shape index (κ2) is 9.87. The Balaban J connectivity index is 0.00000140. The molecule has 4 nitrogen and oxygen atoms in total. The van der Waals surface area contributed by atoms with Crippen LogP contribution in [0.15, 0.2) is 66.9 Å². The molecule has 2 N–H and O–H groups in total. The Bertz CT molecular complexity index is 915. The van der Waals surface area contributed by atoms with Gasteiger partial charge in [-0.15, -0.1) is 24.8 Å². The molecule has 0 unspecified atom stereocenters. The van der Waals surface area contributed by atoms with E-state index in [2.05, 4.69) is 29.2 Å². The van der Waals surface area contributed by atoms with Gasteiger partial charge in [-0.25, -0.2) is 0 Å². The summed E-state index contributed by atoms with van der Waals surface area (Å²) in [5.41, 5.74) is 9.17. The topological polar surface area (TPSA) is 59.2 Å². The van der Waals surface area contributed by atoms with Gasteiger partial charge in [0.2, 0.25) is 5.91 Å². The largest absolute Gasteiger partial charge is 0.341 e. The molecule has 0 saturated carbocycles. The van der Waals surface area contributed by atoms with E-state index in [1.165, 1.54) is 5.56 Å². The fourth-order valence-electron chi connectivity index (χ4n) is 3.98. The van der Waals surface area contributed by atoms with E-state index in [0.717, 1.165) is 29.6 Å². The van der Waals surface area contributed by atoms with E-state index in [9.17, 15) is 4.79 Å². The minimum atomic E-state index is 0. The Hall–Kier alpha value is -2.14. The molecular formula is C22H25Cl2N3O. The van der Waals surface area contributed by atoms with Crippen LogP contribution in [-0.2, 0) is 11.2 Å². The van der Waals surface area contributed by atoms with Crippen molar-refractivity contribution in [1.82, 2.24) is 9.88 Å². The number of hydrogen-bond donors (Lipinski definition) is 1. The van der Waals surface area contributed by atoms with Crippen molar-refractivity contribution in [1.29, 1.82) is 0 Å². The van der Waals surface area contributed by atoms with Crippen LogP contribution in [-0.4, -0.2) is 35.4 Å². The number of aromatic nitrogens is 1. The highest BCUT2D eigenvalue weighted by Crippen LogP contribution is 2.32. The third-order valence-corrected chi connectivity index (χ3v) is 5.38. The summed E-state index contributed by atoms with van der Waals surface area (Å²) >= 11 is 0. The van der Waals surface area contributed by atoms with Gasteiger partial charge in [0, 0.05) is 30.6 Å². The predicted octanol–water partition coefficient (Wildman–Crippen LogP) is 3.82. The molecule has 1 aromatic heterocycles. The number of fused-ring (bicyclic) bond motifs is 1. The van der Waals surface area contributed by atoms with Crippen LogP contribution >= 0.6 is 24.8 Å². The average molecular weight is 418 g/mol. The van der Waals surface area contributed by atoms with Crippen molar-refractivity contribution in [3.8, 4) is 0 Å². The number of para-hydroxylation sites is 1. The van der Waals surface area contributed by atoms with Crippen molar-refractivity contribution in [2.24, 2.45) is 11.7 Å². The fraction of sp³-hybridized carbons (Fsp3) is 0.273. The van der Waals surface area contributed by atoms with Gasteiger partial charge in [-0.05, 0) is 29.7 Å². The van der Waals surface area contributed by atoms with Crippen LogP contribution in [0.4, 0.5) is 0 Å². The summed E-state index contributed by atoms with van der Waals surface area (Å²) in [5, 5.41) is 1.07. The van der Waals surface area contributed by atoms with Crippen molar-refractivity contribution < 1.29 is 4.79 Å². The van der Waals surface area contributed by atoms with Crippen molar-refractivity contribution in [2.75, 3.05) is 19.6 Å². The Morgan fingerprint density at radius 1 is 1.00 bits per heavy atom. The quantitative estimate of drug-likeness (QED) is 0.701. The van der Waals surface area contributed by atoms with Crippen LogP contribution in [0.3, 0.4) is 0 Å². The Morgan fingerprint density at radius 2 is 1.75 bits per heavy atom. The molecule has 3 aromatic rings. The van der Waals surface area contributed by atoms with Gasteiger partial charge in [0.05, 0.1) is 11.9 Å². The van der Waals surface area contributed by atoms with E-state index >= 15 is 0 Å². The highest BCUT2D eigenvalue weighted by molar-refractivity contribution is 5.87. The van der Waals surface area contributed by atoms with E-state index in [1.807, 2.05) is 41.3 Å². The second-order valence-electron chi connectivity index (χ2n) is 6.98. The van der Waals surface area contributed by atoms with E-state index < -0.39 is 0 Å². The number of carbonyl (C=O) groups excluding carboxylic acids is 1. The van der Waals surface area contributed by atoms with Crippen molar-refractivity contribution in [3.05, 3.63) is 78.0 Å². The zero-order chi connectivity index (χ0) is 17.9.